The summed E-state index contributed by atoms with van der Waals surface area (Å²) in [6.45, 7) is 8.03. The molecule has 2 atom stereocenters. The molecule has 0 saturated carbocycles. The summed E-state index contributed by atoms with van der Waals surface area (Å²) in [5.74, 6) is 0.592. The summed E-state index contributed by atoms with van der Waals surface area (Å²) in [5, 5.41) is 3.24. The molecule has 0 aliphatic carbocycles. The van der Waals surface area contributed by atoms with E-state index >= 15 is 0 Å². The molecule has 0 spiro atoms. The van der Waals surface area contributed by atoms with Gasteiger partial charge in [-0.2, -0.15) is 0 Å². The molecular formula is C17H28N2. The van der Waals surface area contributed by atoms with Crippen molar-refractivity contribution in [1.82, 2.24) is 10.2 Å². The zero-order valence-electron chi connectivity index (χ0n) is 12.7. The quantitative estimate of drug-likeness (QED) is 0.843. The number of hydrogen-bond acceptors (Lipinski definition) is 2. The maximum absolute atomic E-state index is 3.24. The van der Waals surface area contributed by atoms with Crippen LogP contribution in [0.3, 0.4) is 0 Å². The van der Waals surface area contributed by atoms with Crippen LogP contribution in [0.4, 0.5) is 0 Å². The fourth-order valence-corrected chi connectivity index (χ4v) is 3.18. The zero-order chi connectivity index (χ0) is 13.7. The summed E-state index contributed by atoms with van der Waals surface area (Å²) in [6.07, 6.45) is 4.04. The Bertz CT molecular complexity index is 371. The van der Waals surface area contributed by atoms with Crippen molar-refractivity contribution in [3.63, 3.8) is 0 Å². The summed E-state index contributed by atoms with van der Waals surface area (Å²) in [5.41, 5.74) is 2.90. The number of nitrogens with zero attached hydrogens (tertiary/aromatic N) is 1. The summed E-state index contributed by atoms with van der Waals surface area (Å²) in [4.78, 5) is 2.64. The maximum atomic E-state index is 3.24. The topological polar surface area (TPSA) is 15.3 Å². The third-order valence-electron chi connectivity index (χ3n) is 4.42. The van der Waals surface area contributed by atoms with Crippen molar-refractivity contribution in [2.24, 2.45) is 0 Å². The molecule has 1 aromatic carbocycles. The molecule has 0 radical (unpaired) electrons. The lowest BCUT2D eigenvalue weighted by atomic mass is 9.99. The summed E-state index contributed by atoms with van der Waals surface area (Å²) in [6, 6.07) is 10.0. The lowest BCUT2D eigenvalue weighted by Crippen LogP contribution is -2.28. The Kier molecular flexibility index (Phi) is 5.41. The van der Waals surface area contributed by atoms with Crippen molar-refractivity contribution in [2.45, 2.75) is 51.6 Å². The van der Waals surface area contributed by atoms with Crippen molar-refractivity contribution in [3.8, 4) is 0 Å². The number of benzene rings is 1. The van der Waals surface area contributed by atoms with E-state index in [0.717, 1.165) is 19.1 Å². The average molecular weight is 260 g/mol. The molecule has 1 fully saturated rings. The van der Waals surface area contributed by atoms with Crippen LogP contribution in [-0.2, 0) is 6.54 Å². The first-order chi connectivity index (χ1) is 9.24. The maximum Gasteiger partial charge on any atom is 0.0236 e. The van der Waals surface area contributed by atoms with Crippen LogP contribution >= 0.6 is 0 Å². The smallest absolute Gasteiger partial charge is 0.0236 e. The van der Waals surface area contributed by atoms with Crippen LogP contribution in [0.5, 0.6) is 0 Å². The molecule has 0 bridgehead atoms. The minimum atomic E-state index is 0.592. The fourth-order valence-electron chi connectivity index (χ4n) is 3.18. The number of likely N-dealkylation sites (N-methyl/N-ethyl adjacent to an activating group) is 1. The van der Waals surface area contributed by atoms with Crippen molar-refractivity contribution in [3.05, 3.63) is 35.4 Å². The molecule has 0 aromatic heterocycles. The molecule has 0 amide bonds. The van der Waals surface area contributed by atoms with Gasteiger partial charge in [0.15, 0.2) is 0 Å². The van der Waals surface area contributed by atoms with Gasteiger partial charge in [-0.05, 0) is 49.9 Å². The van der Waals surface area contributed by atoms with Gasteiger partial charge in [-0.25, -0.2) is 0 Å². The lowest BCUT2D eigenvalue weighted by molar-refractivity contribution is 0.240. The first-order valence-corrected chi connectivity index (χ1v) is 7.72. The van der Waals surface area contributed by atoms with Gasteiger partial charge in [0, 0.05) is 19.1 Å². The molecule has 2 unspecified atom stereocenters. The SMILES string of the molecule is CCC1CCCN1Cc1ccc(C(C)CNC)cc1. The second kappa shape index (κ2) is 7.06. The van der Waals surface area contributed by atoms with Gasteiger partial charge in [0.1, 0.15) is 0 Å². The van der Waals surface area contributed by atoms with E-state index < -0.39 is 0 Å². The second-order valence-corrected chi connectivity index (χ2v) is 5.88. The van der Waals surface area contributed by atoms with Gasteiger partial charge in [0.25, 0.3) is 0 Å². The van der Waals surface area contributed by atoms with E-state index in [4.69, 9.17) is 0 Å². The predicted octanol–water partition coefficient (Wildman–Crippen LogP) is 3.38. The van der Waals surface area contributed by atoms with E-state index in [1.807, 2.05) is 7.05 Å². The van der Waals surface area contributed by atoms with Gasteiger partial charge in [0.2, 0.25) is 0 Å². The Balaban J connectivity index is 1.95. The third-order valence-corrected chi connectivity index (χ3v) is 4.42. The average Bonchev–Trinajstić information content (AvgIpc) is 2.87. The van der Waals surface area contributed by atoms with Gasteiger partial charge in [-0.15, -0.1) is 0 Å². The largest absolute Gasteiger partial charge is 0.319 e. The first kappa shape index (κ1) is 14.5. The van der Waals surface area contributed by atoms with E-state index in [0.29, 0.717) is 5.92 Å². The normalized spacial score (nSPS) is 21.7. The van der Waals surface area contributed by atoms with Crippen molar-refractivity contribution >= 4 is 0 Å². The Hall–Kier alpha value is -0.860. The highest BCUT2D eigenvalue weighted by Gasteiger charge is 2.22. The van der Waals surface area contributed by atoms with Crippen LogP contribution in [0.1, 0.15) is 50.2 Å². The predicted molar refractivity (Wildman–Crippen MR) is 82.5 cm³/mol. The molecule has 19 heavy (non-hydrogen) atoms. The van der Waals surface area contributed by atoms with Gasteiger partial charge >= 0.3 is 0 Å². The zero-order valence-corrected chi connectivity index (χ0v) is 12.7. The molecule has 2 rings (SSSR count). The van der Waals surface area contributed by atoms with Gasteiger partial charge < -0.3 is 5.32 Å². The molecule has 1 aromatic rings. The second-order valence-electron chi connectivity index (χ2n) is 5.88. The monoisotopic (exact) mass is 260 g/mol. The number of rotatable bonds is 6. The Morgan fingerprint density at radius 2 is 2.05 bits per heavy atom. The first-order valence-electron chi connectivity index (χ1n) is 7.72. The van der Waals surface area contributed by atoms with Gasteiger partial charge in [-0.3, -0.25) is 4.90 Å². The van der Waals surface area contributed by atoms with Crippen molar-refractivity contribution in [2.75, 3.05) is 20.1 Å². The highest BCUT2D eigenvalue weighted by molar-refractivity contribution is 5.25. The number of likely N-dealkylation sites (tertiary alicyclic amines) is 1. The molecule has 106 valence electrons. The van der Waals surface area contributed by atoms with Crippen LogP contribution in [0.15, 0.2) is 24.3 Å². The molecule has 1 heterocycles. The highest BCUT2D eigenvalue weighted by Crippen LogP contribution is 2.23. The van der Waals surface area contributed by atoms with E-state index in [1.54, 1.807) is 0 Å². The number of hydrogen-bond donors (Lipinski definition) is 1. The summed E-state index contributed by atoms with van der Waals surface area (Å²) < 4.78 is 0. The van der Waals surface area contributed by atoms with Crippen LogP contribution in [0.2, 0.25) is 0 Å². The van der Waals surface area contributed by atoms with Crippen LogP contribution < -0.4 is 5.32 Å². The summed E-state index contributed by atoms with van der Waals surface area (Å²) >= 11 is 0. The lowest BCUT2D eigenvalue weighted by Gasteiger charge is -2.23. The minimum Gasteiger partial charge on any atom is -0.319 e. The third kappa shape index (κ3) is 3.80. The van der Waals surface area contributed by atoms with Crippen molar-refractivity contribution < 1.29 is 0 Å². The molecule has 1 aliphatic heterocycles. The van der Waals surface area contributed by atoms with Gasteiger partial charge in [-0.1, -0.05) is 38.1 Å². The molecule has 1 saturated heterocycles. The van der Waals surface area contributed by atoms with E-state index in [2.05, 4.69) is 48.3 Å². The summed E-state index contributed by atoms with van der Waals surface area (Å²) in [7, 11) is 2.02. The van der Waals surface area contributed by atoms with Crippen LogP contribution in [-0.4, -0.2) is 31.1 Å². The van der Waals surface area contributed by atoms with Crippen LogP contribution in [0.25, 0.3) is 0 Å². The molecular weight excluding hydrogens is 232 g/mol. The Morgan fingerprint density at radius 1 is 1.32 bits per heavy atom. The van der Waals surface area contributed by atoms with Crippen LogP contribution in [0, 0.1) is 0 Å². The Morgan fingerprint density at radius 3 is 2.68 bits per heavy atom. The van der Waals surface area contributed by atoms with E-state index in [-0.39, 0.29) is 0 Å². The Labute approximate surface area is 118 Å². The number of nitrogens with one attached hydrogen (secondary N) is 1. The van der Waals surface area contributed by atoms with Gasteiger partial charge in [0.05, 0.1) is 0 Å². The molecule has 2 heteroatoms. The molecule has 1 N–H and O–H groups in total. The van der Waals surface area contributed by atoms with Crippen molar-refractivity contribution in [1.29, 1.82) is 0 Å². The minimum absolute atomic E-state index is 0.592. The highest BCUT2D eigenvalue weighted by atomic mass is 15.2. The fraction of sp³-hybridized carbons (Fsp3) is 0.647. The van der Waals surface area contributed by atoms with E-state index in [1.165, 1.54) is 36.9 Å². The molecule has 2 nitrogen and oxygen atoms in total. The van der Waals surface area contributed by atoms with E-state index in [9.17, 15) is 0 Å². The molecule has 1 aliphatic rings. The standard InChI is InChI=1S/C17H28N2/c1-4-17-6-5-11-19(17)13-15-7-9-16(10-8-15)14(2)12-18-3/h7-10,14,17-18H,4-6,11-13H2,1-3H3.